The van der Waals surface area contributed by atoms with Crippen LogP contribution in [0.4, 0.5) is 0 Å². The van der Waals surface area contributed by atoms with E-state index in [4.69, 9.17) is 9.66 Å². The highest BCUT2D eigenvalue weighted by molar-refractivity contribution is 7.86. The predicted octanol–water partition coefficient (Wildman–Crippen LogP) is 1.19. The molecule has 0 atom stereocenters. The Balaban J connectivity index is 3.63. The summed E-state index contributed by atoms with van der Waals surface area (Å²) in [6.45, 7) is 1.68. The minimum atomic E-state index is -4.50. The van der Waals surface area contributed by atoms with Crippen LogP contribution in [0.5, 0.6) is 0 Å². The van der Waals surface area contributed by atoms with Gasteiger partial charge in [-0.15, -0.1) is 0 Å². The van der Waals surface area contributed by atoms with Gasteiger partial charge in [0.15, 0.2) is 0 Å². The molecule has 0 aliphatic rings. The molecule has 6 heteroatoms. The van der Waals surface area contributed by atoms with Crippen molar-refractivity contribution in [3.63, 3.8) is 0 Å². The quantitative estimate of drug-likeness (QED) is 0.761. The Morgan fingerprint density at radius 1 is 1.40 bits per heavy atom. The fourth-order valence-electron chi connectivity index (χ4n) is 1.34. The first kappa shape index (κ1) is 11.7. The highest BCUT2D eigenvalue weighted by atomic mass is 32.2. The summed E-state index contributed by atoms with van der Waals surface area (Å²) in [7, 11) is -4.50. The molecule has 0 bridgehead atoms. The average molecular weight is 230 g/mol. The summed E-state index contributed by atoms with van der Waals surface area (Å²) < 4.78 is 31.0. The average Bonchev–Trinajstić information content (AvgIpc) is 2.15. The highest BCUT2D eigenvalue weighted by Crippen LogP contribution is 2.21. The van der Waals surface area contributed by atoms with Crippen molar-refractivity contribution in [3.05, 3.63) is 29.3 Å². The van der Waals surface area contributed by atoms with Crippen LogP contribution in [-0.2, 0) is 16.5 Å². The Labute approximate surface area is 87.1 Å². The van der Waals surface area contributed by atoms with E-state index in [-0.39, 0.29) is 5.56 Å². The summed E-state index contributed by atoms with van der Waals surface area (Å²) in [5.74, 6) is -1.38. The molecule has 0 aliphatic carbocycles. The van der Waals surface area contributed by atoms with Crippen LogP contribution in [0, 0.1) is 0 Å². The minimum absolute atomic E-state index is 0.289. The zero-order chi connectivity index (χ0) is 11.6. The van der Waals surface area contributed by atoms with Gasteiger partial charge in [0.1, 0.15) is 4.90 Å². The maximum Gasteiger partial charge on any atom is 0.337 e. The van der Waals surface area contributed by atoms with Gasteiger partial charge >= 0.3 is 5.97 Å². The van der Waals surface area contributed by atoms with E-state index in [1.54, 1.807) is 6.92 Å². The number of aryl methyl sites for hydroxylation is 1. The number of carboxylic acids is 1. The van der Waals surface area contributed by atoms with Crippen LogP contribution in [-0.4, -0.2) is 24.0 Å². The van der Waals surface area contributed by atoms with E-state index in [1.807, 2.05) is 0 Å². The maximum atomic E-state index is 11.0. The van der Waals surface area contributed by atoms with Gasteiger partial charge in [-0.25, -0.2) is 4.79 Å². The van der Waals surface area contributed by atoms with Crippen molar-refractivity contribution in [1.29, 1.82) is 0 Å². The first-order valence-corrected chi connectivity index (χ1v) is 5.64. The molecule has 0 saturated carbocycles. The summed E-state index contributed by atoms with van der Waals surface area (Å²) in [6, 6.07) is 4.05. The normalized spacial score (nSPS) is 11.3. The molecule has 0 spiro atoms. The molecular formula is C9H10O5S. The van der Waals surface area contributed by atoms with Crippen LogP contribution in [0.25, 0.3) is 0 Å². The van der Waals surface area contributed by atoms with Gasteiger partial charge in [0.25, 0.3) is 10.1 Å². The Kier molecular flexibility index (Phi) is 3.11. The smallest absolute Gasteiger partial charge is 0.337 e. The van der Waals surface area contributed by atoms with E-state index in [0.717, 1.165) is 6.07 Å². The van der Waals surface area contributed by atoms with Gasteiger partial charge in [-0.05, 0) is 18.1 Å². The van der Waals surface area contributed by atoms with Crippen LogP contribution < -0.4 is 0 Å². The molecule has 82 valence electrons. The second-order valence-electron chi connectivity index (χ2n) is 2.93. The lowest BCUT2D eigenvalue weighted by Gasteiger charge is -2.07. The van der Waals surface area contributed by atoms with Crippen molar-refractivity contribution in [2.24, 2.45) is 0 Å². The maximum absolute atomic E-state index is 11.0. The number of benzene rings is 1. The van der Waals surface area contributed by atoms with Crippen molar-refractivity contribution in [1.82, 2.24) is 0 Å². The minimum Gasteiger partial charge on any atom is -0.478 e. The molecule has 0 aromatic heterocycles. The lowest BCUT2D eigenvalue weighted by molar-refractivity contribution is 0.0692. The van der Waals surface area contributed by atoms with Gasteiger partial charge in [-0.1, -0.05) is 19.1 Å². The Morgan fingerprint density at radius 3 is 2.40 bits per heavy atom. The molecule has 1 aromatic carbocycles. The molecule has 0 saturated heterocycles. The van der Waals surface area contributed by atoms with Crippen molar-refractivity contribution in [3.8, 4) is 0 Å². The summed E-state index contributed by atoms with van der Waals surface area (Å²) in [6.07, 6.45) is 0.330. The Morgan fingerprint density at radius 2 is 2.00 bits per heavy atom. The molecule has 0 aliphatic heterocycles. The van der Waals surface area contributed by atoms with Gasteiger partial charge in [0.05, 0.1) is 5.56 Å². The third-order valence-corrected chi connectivity index (χ3v) is 2.96. The molecule has 0 heterocycles. The summed E-state index contributed by atoms with van der Waals surface area (Å²) in [5.41, 5.74) is -0.116. The van der Waals surface area contributed by atoms with Gasteiger partial charge in [-0.2, -0.15) is 8.42 Å². The summed E-state index contributed by atoms with van der Waals surface area (Å²) in [4.78, 5) is 10.2. The van der Waals surface area contributed by atoms with E-state index >= 15 is 0 Å². The van der Waals surface area contributed by atoms with E-state index in [1.165, 1.54) is 12.1 Å². The molecule has 0 unspecified atom stereocenters. The third kappa shape index (κ3) is 2.34. The predicted molar refractivity (Wildman–Crippen MR) is 52.6 cm³/mol. The van der Waals surface area contributed by atoms with Crippen LogP contribution >= 0.6 is 0 Å². The number of rotatable bonds is 3. The SMILES string of the molecule is CCc1cccc(C(=O)O)c1S(=O)(=O)O. The molecular weight excluding hydrogens is 220 g/mol. The van der Waals surface area contributed by atoms with Crippen LogP contribution in [0.2, 0.25) is 0 Å². The largest absolute Gasteiger partial charge is 0.478 e. The lowest BCUT2D eigenvalue weighted by atomic mass is 10.1. The van der Waals surface area contributed by atoms with Crippen molar-refractivity contribution >= 4 is 16.1 Å². The number of carbonyl (C=O) groups is 1. The van der Waals surface area contributed by atoms with Crippen molar-refractivity contribution in [2.75, 3.05) is 0 Å². The van der Waals surface area contributed by atoms with Gasteiger partial charge in [-0.3, -0.25) is 4.55 Å². The van der Waals surface area contributed by atoms with Gasteiger partial charge in [0.2, 0.25) is 0 Å². The molecule has 15 heavy (non-hydrogen) atoms. The molecule has 0 fully saturated rings. The van der Waals surface area contributed by atoms with Crippen LogP contribution in [0.3, 0.4) is 0 Å². The zero-order valence-corrected chi connectivity index (χ0v) is 8.78. The molecule has 1 aromatic rings. The number of aromatic carboxylic acids is 1. The third-order valence-electron chi connectivity index (χ3n) is 1.97. The second kappa shape index (κ2) is 4.00. The van der Waals surface area contributed by atoms with E-state index in [2.05, 4.69) is 0 Å². The van der Waals surface area contributed by atoms with Crippen LogP contribution in [0.15, 0.2) is 23.1 Å². The lowest BCUT2D eigenvalue weighted by Crippen LogP contribution is -2.11. The highest BCUT2D eigenvalue weighted by Gasteiger charge is 2.22. The van der Waals surface area contributed by atoms with Crippen LogP contribution in [0.1, 0.15) is 22.8 Å². The fraction of sp³-hybridized carbons (Fsp3) is 0.222. The molecule has 1 rings (SSSR count). The van der Waals surface area contributed by atoms with E-state index in [0.29, 0.717) is 6.42 Å². The Bertz CT molecular complexity index is 489. The van der Waals surface area contributed by atoms with Gasteiger partial charge in [0, 0.05) is 0 Å². The molecule has 5 nitrogen and oxygen atoms in total. The van der Waals surface area contributed by atoms with Crippen molar-refractivity contribution < 1.29 is 22.9 Å². The summed E-state index contributed by atoms with van der Waals surface area (Å²) >= 11 is 0. The summed E-state index contributed by atoms with van der Waals surface area (Å²) in [5, 5.41) is 8.77. The molecule has 2 N–H and O–H groups in total. The molecule has 0 radical (unpaired) electrons. The van der Waals surface area contributed by atoms with Gasteiger partial charge < -0.3 is 5.11 Å². The number of hydrogen-bond acceptors (Lipinski definition) is 3. The van der Waals surface area contributed by atoms with E-state index in [9.17, 15) is 13.2 Å². The molecule has 0 amide bonds. The topological polar surface area (TPSA) is 91.7 Å². The zero-order valence-electron chi connectivity index (χ0n) is 7.97. The fourth-order valence-corrected chi connectivity index (χ4v) is 2.31. The first-order chi connectivity index (χ1) is 6.88. The second-order valence-corrected chi connectivity index (χ2v) is 4.29. The Hall–Kier alpha value is -1.40. The number of carboxylic acid groups (broad SMARTS) is 1. The standard InChI is InChI=1S/C9H10O5S/c1-2-6-4-3-5-7(9(10)11)8(6)15(12,13)14/h3-5H,2H2,1H3,(H,10,11)(H,12,13,14). The van der Waals surface area contributed by atoms with Crippen molar-refractivity contribution in [2.45, 2.75) is 18.2 Å². The number of hydrogen-bond donors (Lipinski definition) is 2. The first-order valence-electron chi connectivity index (χ1n) is 4.20. The monoisotopic (exact) mass is 230 g/mol. The van der Waals surface area contributed by atoms with E-state index < -0.39 is 26.5 Å².